The number of piperidine rings is 1. The number of carboxylic acid groups (broad SMARTS) is 1. The van der Waals surface area contributed by atoms with Crippen molar-refractivity contribution in [2.24, 2.45) is 5.92 Å². The first-order valence-electron chi connectivity index (χ1n) is 7.17. The third-order valence-electron chi connectivity index (χ3n) is 3.58. The predicted molar refractivity (Wildman–Crippen MR) is 90.3 cm³/mol. The molecule has 1 aliphatic rings. The molecule has 2 rings (SSSR count). The molecule has 0 amide bonds. The molecular weight excluding hydrogens is 343 g/mol. The van der Waals surface area contributed by atoms with Crippen LogP contribution in [0.4, 0.5) is 0 Å². The number of likely N-dealkylation sites (tertiary alicyclic amines) is 1. The molecule has 1 saturated heterocycles. The molecule has 1 unspecified atom stereocenters. The zero-order chi connectivity index (χ0) is 15.2. The van der Waals surface area contributed by atoms with E-state index < -0.39 is 5.97 Å². The molecule has 8 heteroatoms. The Morgan fingerprint density at radius 1 is 1.39 bits per heavy atom. The lowest BCUT2D eigenvalue weighted by Crippen LogP contribution is -2.38. The Kier molecular flexibility index (Phi) is 9.79. The number of hydrogen-bond acceptors (Lipinski definition) is 5. The molecule has 0 bridgehead atoms. The molecule has 1 atom stereocenters. The molecular formula is C15H22Cl2N2O4. The van der Waals surface area contributed by atoms with Crippen LogP contribution in [0.2, 0.25) is 0 Å². The van der Waals surface area contributed by atoms with Crippen molar-refractivity contribution in [3.05, 3.63) is 29.6 Å². The Balaban J connectivity index is 0.00000242. The monoisotopic (exact) mass is 364 g/mol. The van der Waals surface area contributed by atoms with Crippen LogP contribution in [-0.4, -0.2) is 46.6 Å². The van der Waals surface area contributed by atoms with E-state index in [0.29, 0.717) is 19.7 Å². The number of aromatic nitrogens is 1. The topological polar surface area (TPSA) is 79.7 Å². The summed E-state index contributed by atoms with van der Waals surface area (Å²) >= 11 is 0. The molecule has 6 nitrogen and oxygen atoms in total. The zero-order valence-corrected chi connectivity index (χ0v) is 14.6. The van der Waals surface area contributed by atoms with E-state index >= 15 is 0 Å². The van der Waals surface area contributed by atoms with E-state index in [9.17, 15) is 9.59 Å². The minimum atomic E-state index is -1.03. The first-order valence-corrected chi connectivity index (χ1v) is 7.17. The van der Waals surface area contributed by atoms with Crippen LogP contribution in [0.3, 0.4) is 0 Å². The number of ether oxygens (including phenoxy) is 1. The molecule has 1 aromatic rings. The van der Waals surface area contributed by atoms with Crippen LogP contribution in [-0.2, 0) is 16.1 Å². The van der Waals surface area contributed by atoms with Crippen molar-refractivity contribution in [2.45, 2.75) is 26.3 Å². The van der Waals surface area contributed by atoms with Crippen LogP contribution in [0.1, 0.15) is 35.8 Å². The number of hydrogen-bond donors (Lipinski definition) is 1. The summed E-state index contributed by atoms with van der Waals surface area (Å²) in [6.07, 6.45) is 3.41. The molecule has 0 aromatic carbocycles. The number of pyridine rings is 1. The summed E-state index contributed by atoms with van der Waals surface area (Å²) in [7, 11) is 0. The molecule has 0 aliphatic carbocycles. The Labute approximate surface area is 148 Å². The number of carboxylic acids is 1. The van der Waals surface area contributed by atoms with Crippen molar-refractivity contribution in [2.75, 3.05) is 19.7 Å². The average molecular weight is 365 g/mol. The summed E-state index contributed by atoms with van der Waals surface area (Å²) in [5.74, 6) is -1.21. The van der Waals surface area contributed by atoms with Crippen molar-refractivity contribution in [1.82, 2.24) is 9.88 Å². The molecule has 1 aromatic heterocycles. The average Bonchev–Trinajstić information content (AvgIpc) is 2.48. The highest BCUT2D eigenvalue weighted by atomic mass is 35.5. The van der Waals surface area contributed by atoms with Gasteiger partial charge in [0.25, 0.3) is 0 Å². The molecule has 1 fully saturated rings. The Hall–Kier alpha value is -1.37. The largest absolute Gasteiger partial charge is 0.477 e. The number of nitrogens with zero attached hydrogens (tertiary/aromatic N) is 2. The fourth-order valence-electron chi connectivity index (χ4n) is 2.55. The Bertz CT molecular complexity index is 511. The first kappa shape index (κ1) is 21.6. The number of carbonyl (C=O) groups is 2. The highest BCUT2D eigenvalue weighted by Gasteiger charge is 2.26. The van der Waals surface area contributed by atoms with Crippen molar-refractivity contribution >= 4 is 36.8 Å². The number of esters is 1. The van der Waals surface area contributed by atoms with Gasteiger partial charge in [0.15, 0.2) is 0 Å². The minimum absolute atomic E-state index is 0. The number of carbonyl (C=O) groups excluding carboxylic acids is 1. The lowest BCUT2D eigenvalue weighted by molar-refractivity contribution is -0.150. The fourth-order valence-corrected chi connectivity index (χ4v) is 2.55. The number of aromatic carboxylic acids is 1. The molecule has 2 heterocycles. The smallest absolute Gasteiger partial charge is 0.354 e. The summed E-state index contributed by atoms with van der Waals surface area (Å²) < 4.78 is 5.08. The van der Waals surface area contributed by atoms with Gasteiger partial charge >= 0.3 is 11.9 Å². The van der Waals surface area contributed by atoms with Gasteiger partial charge in [0.2, 0.25) is 0 Å². The molecule has 0 spiro atoms. The molecule has 23 heavy (non-hydrogen) atoms. The first-order chi connectivity index (χ1) is 10.1. The predicted octanol–water partition coefficient (Wildman–Crippen LogP) is 2.40. The third kappa shape index (κ3) is 6.33. The van der Waals surface area contributed by atoms with Crippen LogP contribution >= 0.6 is 24.8 Å². The summed E-state index contributed by atoms with van der Waals surface area (Å²) in [4.78, 5) is 28.6. The van der Waals surface area contributed by atoms with Crippen LogP contribution in [0.5, 0.6) is 0 Å². The normalized spacial score (nSPS) is 17.5. The molecule has 1 N–H and O–H groups in total. The lowest BCUT2D eigenvalue weighted by Gasteiger charge is -2.31. The van der Waals surface area contributed by atoms with Crippen molar-refractivity contribution in [3.63, 3.8) is 0 Å². The SMILES string of the molecule is CCOC(=O)C1CCCN(Cc2ccc(C(=O)O)nc2)C1.Cl.Cl. The Morgan fingerprint density at radius 2 is 2.13 bits per heavy atom. The van der Waals surface area contributed by atoms with Crippen molar-refractivity contribution < 1.29 is 19.4 Å². The maximum Gasteiger partial charge on any atom is 0.354 e. The van der Waals surface area contributed by atoms with Crippen LogP contribution in [0.15, 0.2) is 18.3 Å². The third-order valence-corrected chi connectivity index (χ3v) is 3.58. The van der Waals surface area contributed by atoms with E-state index in [1.807, 2.05) is 6.92 Å². The van der Waals surface area contributed by atoms with Gasteiger partial charge in [0.1, 0.15) is 5.69 Å². The summed E-state index contributed by atoms with van der Waals surface area (Å²) in [5, 5.41) is 8.82. The Morgan fingerprint density at radius 3 is 2.70 bits per heavy atom. The summed E-state index contributed by atoms with van der Waals surface area (Å²) in [6, 6.07) is 3.27. The van der Waals surface area contributed by atoms with Crippen LogP contribution in [0, 0.1) is 5.92 Å². The maximum absolute atomic E-state index is 11.8. The highest BCUT2D eigenvalue weighted by Crippen LogP contribution is 2.19. The van der Waals surface area contributed by atoms with Crippen LogP contribution < -0.4 is 0 Å². The minimum Gasteiger partial charge on any atom is -0.477 e. The van der Waals surface area contributed by atoms with E-state index in [2.05, 4.69) is 9.88 Å². The van der Waals surface area contributed by atoms with Gasteiger partial charge in [0, 0.05) is 19.3 Å². The molecule has 130 valence electrons. The standard InChI is InChI=1S/C15H20N2O4.2ClH/c1-2-21-15(20)12-4-3-7-17(10-12)9-11-5-6-13(14(18)19)16-8-11;;/h5-6,8,12H,2-4,7,9-10H2,1H3,(H,18,19);2*1H. The molecule has 1 aliphatic heterocycles. The quantitative estimate of drug-likeness (QED) is 0.808. The second-order valence-corrected chi connectivity index (χ2v) is 5.18. The van der Waals surface area contributed by atoms with Gasteiger partial charge < -0.3 is 9.84 Å². The second kappa shape index (κ2) is 10.4. The van der Waals surface area contributed by atoms with Crippen molar-refractivity contribution in [1.29, 1.82) is 0 Å². The van der Waals surface area contributed by atoms with E-state index in [4.69, 9.17) is 9.84 Å². The van der Waals surface area contributed by atoms with Gasteiger partial charge in [-0.1, -0.05) is 6.07 Å². The van der Waals surface area contributed by atoms with E-state index in [1.54, 1.807) is 12.3 Å². The molecule has 0 saturated carbocycles. The lowest BCUT2D eigenvalue weighted by atomic mass is 9.98. The number of halogens is 2. The van der Waals surface area contributed by atoms with E-state index in [0.717, 1.165) is 24.9 Å². The second-order valence-electron chi connectivity index (χ2n) is 5.18. The van der Waals surface area contributed by atoms with Gasteiger partial charge in [-0.15, -0.1) is 24.8 Å². The highest BCUT2D eigenvalue weighted by molar-refractivity contribution is 5.86. The van der Waals surface area contributed by atoms with Gasteiger partial charge in [-0.05, 0) is 37.9 Å². The zero-order valence-electron chi connectivity index (χ0n) is 12.9. The maximum atomic E-state index is 11.8. The van der Waals surface area contributed by atoms with Gasteiger partial charge in [-0.2, -0.15) is 0 Å². The van der Waals surface area contributed by atoms with E-state index in [-0.39, 0.29) is 42.4 Å². The van der Waals surface area contributed by atoms with Gasteiger partial charge in [0.05, 0.1) is 12.5 Å². The van der Waals surface area contributed by atoms with Crippen LogP contribution in [0.25, 0.3) is 0 Å². The fraction of sp³-hybridized carbons (Fsp3) is 0.533. The number of rotatable bonds is 5. The van der Waals surface area contributed by atoms with Crippen molar-refractivity contribution in [3.8, 4) is 0 Å². The summed E-state index contributed by atoms with van der Waals surface area (Å²) in [6.45, 7) is 4.50. The molecule has 0 radical (unpaired) electrons. The summed E-state index contributed by atoms with van der Waals surface area (Å²) in [5.41, 5.74) is 0.992. The van der Waals surface area contributed by atoms with E-state index in [1.165, 1.54) is 6.07 Å². The van der Waals surface area contributed by atoms with Gasteiger partial charge in [-0.25, -0.2) is 9.78 Å². The van der Waals surface area contributed by atoms with Gasteiger partial charge in [-0.3, -0.25) is 9.69 Å².